The van der Waals surface area contributed by atoms with Gasteiger partial charge in [-0.15, -0.1) is 0 Å². The SMILES string of the molecule is Nc1ccccc1OCCCn1ccc(=O)[nH]c1=O. The van der Waals surface area contributed by atoms with Gasteiger partial charge in [0, 0.05) is 18.8 Å². The van der Waals surface area contributed by atoms with Crippen LogP contribution in [0, 0.1) is 0 Å². The molecule has 0 aliphatic carbocycles. The fourth-order valence-corrected chi connectivity index (χ4v) is 1.65. The van der Waals surface area contributed by atoms with Gasteiger partial charge in [-0.05, 0) is 18.6 Å². The molecule has 0 amide bonds. The molecule has 0 bridgehead atoms. The molecule has 1 heterocycles. The number of nitrogens with zero attached hydrogens (tertiary/aromatic N) is 1. The van der Waals surface area contributed by atoms with Crippen LogP contribution < -0.4 is 21.7 Å². The summed E-state index contributed by atoms with van der Waals surface area (Å²) < 4.78 is 6.94. The molecule has 2 aromatic rings. The molecule has 2 rings (SSSR count). The van der Waals surface area contributed by atoms with Crippen molar-refractivity contribution in [3.63, 3.8) is 0 Å². The van der Waals surface area contributed by atoms with E-state index in [0.29, 0.717) is 31.0 Å². The number of nitrogens with one attached hydrogen (secondary N) is 1. The summed E-state index contributed by atoms with van der Waals surface area (Å²) >= 11 is 0. The van der Waals surface area contributed by atoms with Crippen LogP contribution in [0.5, 0.6) is 5.75 Å². The predicted octanol–water partition coefficient (Wildman–Crippen LogP) is 0.588. The van der Waals surface area contributed by atoms with Crippen LogP contribution in [0.1, 0.15) is 6.42 Å². The number of hydrogen-bond donors (Lipinski definition) is 2. The van der Waals surface area contributed by atoms with E-state index in [1.807, 2.05) is 12.1 Å². The quantitative estimate of drug-likeness (QED) is 0.608. The number of benzene rings is 1. The first-order valence-electron chi connectivity index (χ1n) is 5.94. The van der Waals surface area contributed by atoms with Crippen molar-refractivity contribution < 1.29 is 4.74 Å². The zero-order valence-corrected chi connectivity index (χ0v) is 10.3. The fourth-order valence-electron chi connectivity index (χ4n) is 1.65. The molecule has 0 fully saturated rings. The van der Waals surface area contributed by atoms with Gasteiger partial charge in [-0.25, -0.2) is 4.79 Å². The standard InChI is InChI=1S/C13H15N3O3/c14-10-4-1-2-5-11(10)19-9-3-7-16-8-6-12(17)15-13(16)18/h1-2,4-6,8H,3,7,9,14H2,(H,15,17,18). The van der Waals surface area contributed by atoms with E-state index in [2.05, 4.69) is 4.98 Å². The van der Waals surface area contributed by atoms with Crippen molar-refractivity contribution >= 4 is 5.69 Å². The summed E-state index contributed by atoms with van der Waals surface area (Å²) in [6, 6.07) is 8.56. The van der Waals surface area contributed by atoms with Crippen LogP contribution in [0.15, 0.2) is 46.1 Å². The summed E-state index contributed by atoms with van der Waals surface area (Å²) in [5.74, 6) is 0.635. The monoisotopic (exact) mass is 261 g/mol. The lowest BCUT2D eigenvalue weighted by atomic mass is 10.3. The van der Waals surface area contributed by atoms with Gasteiger partial charge in [-0.3, -0.25) is 9.78 Å². The van der Waals surface area contributed by atoms with Gasteiger partial charge in [0.25, 0.3) is 5.56 Å². The van der Waals surface area contributed by atoms with Crippen LogP contribution >= 0.6 is 0 Å². The van der Waals surface area contributed by atoms with E-state index in [0.717, 1.165) is 0 Å². The second kappa shape index (κ2) is 5.90. The van der Waals surface area contributed by atoms with Gasteiger partial charge in [0.2, 0.25) is 0 Å². The Kier molecular flexibility index (Phi) is 4.02. The van der Waals surface area contributed by atoms with Gasteiger partial charge in [0.05, 0.1) is 12.3 Å². The maximum absolute atomic E-state index is 11.4. The van der Waals surface area contributed by atoms with Gasteiger partial charge < -0.3 is 15.0 Å². The number of para-hydroxylation sites is 2. The molecule has 0 radical (unpaired) electrons. The van der Waals surface area contributed by atoms with E-state index < -0.39 is 11.2 Å². The number of aromatic amines is 1. The van der Waals surface area contributed by atoms with E-state index in [4.69, 9.17) is 10.5 Å². The Morgan fingerprint density at radius 1 is 1.21 bits per heavy atom. The third-order valence-electron chi connectivity index (χ3n) is 2.62. The number of H-pyrrole nitrogens is 1. The van der Waals surface area contributed by atoms with Crippen LogP contribution in [0.25, 0.3) is 0 Å². The Morgan fingerprint density at radius 2 is 2.00 bits per heavy atom. The molecule has 3 N–H and O–H groups in total. The normalized spacial score (nSPS) is 10.3. The van der Waals surface area contributed by atoms with Crippen molar-refractivity contribution in [1.29, 1.82) is 0 Å². The first kappa shape index (κ1) is 12.9. The number of ether oxygens (including phenoxy) is 1. The molecule has 0 aliphatic heterocycles. The molecule has 0 spiro atoms. The van der Waals surface area contributed by atoms with E-state index in [1.165, 1.54) is 16.8 Å². The van der Waals surface area contributed by atoms with Gasteiger partial charge in [-0.1, -0.05) is 12.1 Å². The number of hydrogen-bond acceptors (Lipinski definition) is 4. The first-order valence-corrected chi connectivity index (χ1v) is 5.94. The second-order valence-electron chi connectivity index (χ2n) is 4.04. The summed E-state index contributed by atoms with van der Waals surface area (Å²) in [5.41, 5.74) is 5.52. The molecule has 0 saturated carbocycles. The lowest BCUT2D eigenvalue weighted by Crippen LogP contribution is -2.29. The lowest BCUT2D eigenvalue weighted by molar-refractivity contribution is 0.302. The van der Waals surface area contributed by atoms with E-state index in [1.54, 1.807) is 12.1 Å². The van der Waals surface area contributed by atoms with E-state index in [9.17, 15) is 9.59 Å². The third-order valence-corrected chi connectivity index (χ3v) is 2.62. The van der Waals surface area contributed by atoms with Crippen molar-refractivity contribution in [3.8, 4) is 5.75 Å². The first-order chi connectivity index (χ1) is 9.16. The van der Waals surface area contributed by atoms with E-state index in [-0.39, 0.29) is 0 Å². The summed E-state index contributed by atoms with van der Waals surface area (Å²) in [6.45, 7) is 0.919. The van der Waals surface area contributed by atoms with Crippen molar-refractivity contribution in [2.24, 2.45) is 0 Å². The third kappa shape index (κ3) is 3.48. The Morgan fingerprint density at radius 3 is 2.74 bits per heavy atom. The summed E-state index contributed by atoms with van der Waals surface area (Å²) in [5, 5.41) is 0. The van der Waals surface area contributed by atoms with Gasteiger partial charge in [0.1, 0.15) is 5.75 Å². The number of anilines is 1. The van der Waals surface area contributed by atoms with Crippen molar-refractivity contribution in [2.45, 2.75) is 13.0 Å². The Hall–Kier alpha value is -2.50. The number of aromatic nitrogens is 2. The summed E-state index contributed by atoms with van der Waals surface area (Å²) in [6.07, 6.45) is 2.11. The topological polar surface area (TPSA) is 90.1 Å². The van der Waals surface area contributed by atoms with E-state index >= 15 is 0 Å². The van der Waals surface area contributed by atoms with Crippen LogP contribution in [-0.4, -0.2) is 16.2 Å². The lowest BCUT2D eigenvalue weighted by Gasteiger charge is -2.09. The summed E-state index contributed by atoms with van der Waals surface area (Å²) in [7, 11) is 0. The molecule has 6 heteroatoms. The predicted molar refractivity (Wildman–Crippen MR) is 72.3 cm³/mol. The molecule has 1 aromatic heterocycles. The zero-order valence-electron chi connectivity index (χ0n) is 10.3. The molecule has 0 unspecified atom stereocenters. The highest BCUT2D eigenvalue weighted by Gasteiger charge is 1.99. The maximum atomic E-state index is 11.4. The number of aryl methyl sites for hydroxylation is 1. The van der Waals surface area contributed by atoms with Gasteiger partial charge in [-0.2, -0.15) is 0 Å². The number of nitrogens with two attached hydrogens (primary N) is 1. The number of nitrogen functional groups attached to an aromatic ring is 1. The Bertz CT molecular complexity index is 660. The Labute approximate surface area is 109 Å². The van der Waals surface area contributed by atoms with Crippen molar-refractivity contribution in [2.75, 3.05) is 12.3 Å². The second-order valence-corrected chi connectivity index (χ2v) is 4.04. The highest BCUT2D eigenvalue weighted by atomic mass is 16.5. The number of rotatable bonds is 5. The molecular formula is C13H15N3O3. The average Bonchev–Trinajstić information content (AvgIpc) is 2.38. The minimum atomic E-state index is -0.410. The minimum absolute atomic E-state index is 0.394. The van der Waals surface area contributed by atoms with Crippen LogP contribution in [-0.2, 0) is 6.54 Å². The summed E-state index contributed by atoms with van der Waals surface area (Å²) in [4.78, 5) is 24.5. The Balaban J connectivity index is 1.86. The minimum Gasteiger partial charge on any atom is -0.491 e. The van der Waals surface area contributed by atoms with Crippen LogP contribution in [0.2, 0.25) is 0 Å². The average molecular weight is 261 g/mol. The molecule has 0 aliphatic rings. The highest BCUT2D eigenvalue weighted by molar-refractivity contribution is 5.51. The highest BCUT2D eigenvalue weighted by Crippen LogP contribution is 2.19. The van der Waals surface area contributed by atoms with Crippen molar-refractivity contribution in [3.05, 3.63) is 57.4 Å². The smallest absolute Gasteiger partial charge is 0.328 e. The van der Waals surface area contributed by atoms with Crippen LogP contribution in [0.4, 0.5) is 5.69 Å². The van der Waals surface area contributed by atoms with Gasteiger partial charge in [0.15, 0.2) is 0 Å². The molecule has 19 heavy (non-hydrogen) atoms. The largest absolute Gasteiger partial charge is 0.491 e. The molecule has 6 nitrogen and oxygen atoms in total. The molecular weight excluding hydrogens is 246 g/mol. The van der Waals surface area contributed by atoms with Crippen molar-refractivity contribution in [1.82, 2.24) is 9.55 Å². The van der Waals surface area contributed by atoms with Crippen LogP contribution in [0.3, 0.4) is 0 Å². The molecule has 0 saturated heterocycles. The van der Waals surface area contributed by atoms with Gasteiger partial charge >= 0.3 is 5.69 Å². The maximum Gasteiger partial charge on any atom is 0.328 e. The molecule has 100 valence electrons. The fraction of sp³-hybridized carbons (Fsp3) is 0.231. The molecule has 1 aromatic carbocycles. The molecule has 0 atom stereocenters. The zero-order chi connectivity index (χ0) is 13.7.